The monoisotopic (exact) mass is 301 g/mol. The minimum absolute atomic E-state index is 0.0550. The maximum Gasteiger partial charge on any atom is 0.215 e. The second-order valence-corrected chi connectivity index (χ2v) is 5.47. The average Bonchev–Trinajstić information content (AvgIpc) is 2.73. The lowest BCUT2D eigenvalue weighted by molar-refractivity contribution is 0.431. The summed E-state index contributed by atoms with van der Waals surface area (Å²) in [5.74, 6) is -0.0550. The first-order valence-corrected chi connectivity index (χ1v) is 6.92. The van der Waals surface area contributed by atoms with Gasteiger partial charge in [0.2, 0.25) is 5.88 Å². The molecular weight excluding hydrogens is 288 g/mol. The van der Waals surface area contributed by atoms with Crippen molar-refractivity contribution in [3.05, 3.63) is 63.8 Å². The fourth-order valence-electron chi connectivity index (χ4n) is 2.49. The summed E-state index contributed by atoms with van der Waals surface area (Å²) >= 11 is 5.88. The Morgan fingerprint density at radius 2 is 1.90 bits per heavy atom. The molecule has 1 heterocycles. The summed E-state index contributed by atoms with van der Waals surface area (Å²) in [5, 5.41) is 22.8. The number of hydrogen-bond donors (Lipinski definition) is 2. The van der Waals surface area contributed by atoms with Crippen LogP contribution in [0.2, 0.25) is 5.02 Å². The second-order valence-electron chi connectivity index (χ2n) is 5.03. The summed E-state index contributed by atoms with van der Waals surface area (Å²) in [5.41, 5.74) is 4.88. The molecule has 0 saturated carbocycles. The summed E-state index contributed by atoms with van der Waals surface area (Å²) in [4.78, 5) is 0. The van der Waals surface area contributed by atoms with E-state index in [2.05, 4.69) is 0 Å². The van der Waals surface area contributed by atoms with Crippen LogP contribution in [-0.2, 0) is 6.54 Å². The molecule has 0 aliphatic rings. The number of fused-ring (bicyclic) bond motifs is 1. The van der Waals surface area contributed by atoms with E-state index in [1.165, 1.54) is 0 Å². The molecule has 0 spiro atoms. The molecule has 108 valence electrons. The largest absolute Gasteiger partial charge is 0.761 e. The van der Waals surface area contributed by atoms with Crippen LogP contribution in [0.1, 0.15) is 11.1 Å². The molecule has 0 amide bonds. The zero-order valence-corrected chi connectivity index (χ0v) is 12.2. The number of halogens is 1. The van der Waals surface area contributed by atoms with E-state index in [1.54, 1.807) is 16.7 Å². The van der Waals surface area contributed by atoms with Gasteiger partial charge in [0.1, 0.15) is 0 Å². The van der Waals surface area contributed by atoms with Crippen molar-refractivity contribution in [2.75, 3.05) is 5.48 Å². The normalized spacial score (nSPS) is 11.0. The highest BCUT2D eigenvalue weighted by atomic mass is 35.5. The molecule has 21 heavy (non-hydrogen) atoms. The van der Waals surface area contributed by atoms with E-state index in [4.69, 9.17) is 11.6 Å². The summed E-state index contributed by atoms with van der Waals surface area (Å²) < 4.78 is 1.71. The molecular formula is C16H14ClN2O2-. The standard InChI is InChI=1S/C16H14ClN2O2/c1-10-2-7-14-13(8-10)15(18-21)16(20)19(14)9-11-3-5-12(17)6-4-11/h2-8,18,20H,9H2,1H3/q-1. The van der Waals surface area contributed by atoms with Crippen LogP contribution in [0.4, 0.5) is 5.69 Å². The van der Waals surface area contributed by atoms with Gasteiger partial charge in [-0.2, -0.15) is 0 Å². The van der Waals surface area contributed by atoms with Crippen molar-refractivity contribution in [2.24, 2.45) is 0 Å². The maximum absolute atomic E-state index is 11.1. The van der Waals surface area contributed by atoms with Gasteiger partial charge in [0.15, 0.2) is 0 Å². The van der Waals surface area contributed by atoms with Crippen molar-refractivity contribution in [1.29, 1.82) is 0 Å². The Bertz CT molecular complexity index is 794. The third-order valence-electron chi connectivity index (χ3n) is 3.55. The molecule has 4 nitrogen and oxygen atoms in total. The van der Waals surface area contributed by atoms with Crippen molar-refractivity contribution >= 4 is 28.2 Å². The van der Waals surface area contributed by atoms with Gasteiger partial charge in [-0.05, 0) is 36.8 Å². The van der Waals surface area contributed by atoms with Gasteiger partial charge in [-0.3, -0.25) is 0 Å². The summed E-state index contributed by atoms with van der Waals surface area (Å²) in [7, 11) is 0. The molecule has 2 aromatic carbocycles. The number of aromatic hydroxyl groups is 1. The number of nitrogens with one attached hydrogen (secondary N) is 1. The molecule has 0 unspecified atom stereocenters. The van der Waals surface area contributed by atoms with Crippen LogP contribution in [0.25, 0.3) is 10.9 Å². The Balaban J connectivity index is 2.13. The van der Waals surface area contributed by atoms with E-state index >= 15 is 0 Å². The Morgan fingerprint density at radius 3 is 2.57 bits per heavy atom. The highest BCUT2D eigenvalue weighted by Gasteiger charge is 2.14. The summed E-state index contributed by atoms with van der Waals surface area (Å²) in [6.07, 6.45) is 0. The quantitative estimate of drug-likeness (QED) is 0.710. The molecule has 0 aliphatic heterocycles. The van der Waals surface area contributed by atoms with Crippen LogP contribution < -0.4 is 5.48 Å². The molecule has 5 heteroatoms. The lowest BCUT2D eigenvalue weighted by atomic mass is 10.1. The van der Waals surface area contributed by atoms with E-state index in [1.807, 2.05) is 42.7 Å². The highest BCUT2D eigenvalue weighted by molar-refractivity contribution is 6.30. The Kier molecular flexibility index (Phi) is 3.49. The van der Waals surface area contributed by atoms with Crippen molar-refractivity contribution < 1.29 is 5.11 Å². The third kappa shape index (κ3) is 2.44. The molecule has 0 saturated heterocycles. The van der Waals surface area contributed by atoms with Crippen molar-refractivity contribution in [3.63, 3.8) is 0 Å². The minimum Gasteiger partial charge on any atom is -0.761 e. The number of aromatic nitrogens is 1. The van der Waals surface area contributed by atoms with Crippen LogP contribution in [0.5, 0.6) is 5.88 Å². The fraction of sp³-hybridized carbons (Fsp3) is 0.125. The smallest absolute Gasteiger partial charge is 0.215 e. The molecule has 0 bridgehead atoms. The van der Waals surface area contributed by atoms with Gasteiger partial charge in [-0.15, -0.1) is 0 Å². The van der Waals surface area contributed by atoms with Gasteiger partial charge in [0, 0.05) is 10.4 Å². The topological polar surface area (TPSA) is 60.2 Å². The molecule has 0 atom stereocenters. The van der Waals surface area contributed by atoms with Crippen molar-refractivity contribution in [2.45, 2.75) is 13.5 Å². The SMILES string of the molecule is Cc1ccc2c(c1)c(N[O-])c(O)n2Cc1ccc(Cl)cc1. The van der Waals surface area contributed by atoms with Crippen molar-refractivity contribution in [3.8, 4) is 5.88 Å². The molecule has 0 radical (unpaired) electrons. The van der Waals surface area contributed by atoms with E-state index in [9.17, 15) is 10.3 Å². The highest BCUT2D eigenvalue weighted by Crippen LogP contribution is 2.37. The van der Waals surface area contributed by atoms with Crippen LogP contribution in [0.15, 0.2) is 42.5 Å². The molecule has 0 fully saturated rings. The van der Waals surface area contributed by atoms with E-state index in [0.29, 0.717) is 11.6 Å². The predicted octanol–water partition coefficient (Wildman–Crippen LogP) is 4.27. The number of hydrogen-bond acceptors (Lipinski definition) is 3. The van der Waals surface area contributed by atoms with Crippen LogP contribution >= 0.6 is 11.6 Å². The molecule has 0 aliphatic carbocycles. The van der Waals surface area contributed by atoms with Gasteiger partial charge >= 0.3 is 0 Å². The number of aryl methyl sites for hydroxylation is 1. The first-order valence-electron chi connectivity index (χ1n) is 6.54. The maximum atomic E-state index is 11.1. The van der Waals surface area contributed by atoms with Crippen LogP contribution in [0.3, 0.4) is 0 Å². The Labute approximate surface area is 127 Å². The lowest BCUT2D eigenvalue weighted by Crippen LogP contribution is -1.99. The van der Waals surface area contributed by atoms with Gasteiger partial charge in [0.05, 0.1) is 17.7 Å². The predicted molar refractivity (Wildman–Crippen MR) is 85.9 cm³/mol. The zero-order chi connectivity index (χ0) is 15.0. The average molecular weight is 302 g/mol. The fourth-order valence-corrected chi connectivity index (χ4v) is 2.61. The number of nitrogens with zero attached hydrogens (tertiary/aromatic N) is 1. The third-order valence-corrected chi connectivity index (χ3v) is 3.80. The summed E-state index contributed by atoms with van der Waals surface area (Å²) in [6, 6.07) is 13.1. The van der Waals surface area contributed by atoms with Gasteiger partial charge in [-0.25, -0.2) is 0 Å². The minimum atomic E-state index is -0.0550. The molecule has 3 aromatic rings. The van der Waals surface area contributed by atoms with Crippen LogP contribution in [0, 0.1) is 12.1 Å². The van der Waals surface area contributed by atoms with E-state index in [-0.39, 0.29) is 11.6 Å². The Hall–Kier alpha value is -2.17. The van der Waals surface area contributed by atoms with Gasteiger partial charge in [0.25, 0.3) is 0 Å². The lowest BCUT2D eigenvalue weighted by Gasteiger charge is -2.10. The molecule has 2 N–H and O–H groups in total. The summed E-state index contributed by atoms with van der Waals surface area (Å²) in [6.45, 7) is 2.41. The first-order chi connectivity index (χ1) is 10.1. The number of rotatable bonds is 3. The van der Waals surface area contributed by atoms with Crippen LogP contribution in [-0.4, -0.2) is 9.67 Å². The zero-order valence-electron chi connectivity index (χ0n) is 11.4. The van der Waals surface area contributed by atoms with Gasteiger partial charge < -0.3 is 20.4 Å². The Morgan fingerprint density at radius 1 is 1.19 bits per heavy atom. The second kappa shape index (κ2) is 5.31. The molecule has 3 rings (SSSR count). The van der Waals surface area contributed by atoms with E-state index in [0.717, 1.165) is 22.0 Å². The van der Waals surface area contributed by atoms with Gasteiger partial charge in [-0.1, -0.05) is 35.4 Å². The first kappa shape index (κ1) is 13.8. The number of anilines is 1. The number of benzene rings is 2. The van der Waals surface area contributed by atoms with E-state index < -0.39 is 0 Å². The van der Waals surface area contributed by atoms with Crippen molar-refractivity contribution in [1.82, 2.24) is 4.57 Å². The molecule has 1 aromatic heterocycles.